The molecule has 1 aromatic heterocycles. The van der Waals surface area contributed by atoms with Gasteiger partial charge in [0.15, 0.2) is 0 Å². The molecule has 0 N–H and O–H groups in total. The molecule has 1 aliphatic rings. The highest BCUT2D eigenvalue weighted by molar-refractivity contribution is 7.72. The molecular formula is C31H25FNP. The predicted octanol–water partition coefficient (Wildman–Crippen LogP) is 7.55. The van der Waals surface area contributed by atoms with E-state index < -0.39 is 7.92 Å². The van der Waals surface area contributed by atoms with E-state index in [1.54, 1.807) is 12.1 Å². The van der Waals surface area contributed by atoms with Crippen molar-refractivity contribution < 1.29 is 4.39 Å². The smallest absolute Gasteiger partial charge is 0.123 e. The summed E-state index contributed by atoms with van der Waals surface area (Å²) in [5, 5.41) is 3.87. The van der Waals surface area contributed by atoms with Crippen molar-refractivity contribution in [3.8, 4) is 11.1 Å². The molecule has 0 saturated heterocycles. The second kappa shape index (κ2) is 9.12. The highest BCUT2D eigenvalue weighted by atomic mass is 31.1. The van der Waals surface area contributed by atoms with Crippen LogP contribution in [0.3, 0.4) is 0 Å². The van der Waals surface area contributed by atoms with E-state index in [2.05, 4.69) is 84.9 Å². The third-order valence-corrected chi connectivity index (χ3v) is 9.05. The summed E-state index contributed by atoms with van der Waals surface area (Å²) in [6.45, 7) is 0. The first-order chi connectivity index (χ1) is 16.8. The lowest BCUT2D eigenvalue weighted by Gasteiger charge is -2.24. The molecule has 1 aliphatic carbocycles. The topological polar surface area (TPSA) is 12.9 Å². The van der Waals surface area contributed by atoms with Crippen molar-refractivity contribution in [1.82, 2.24) is 4.98 Å². The van der Waals surface area contributed by atoms with Crippen LogP contribution in [0.2, 0.25) is 0 Å². The Bertz CT molecular complexity index is 1390. The summed E-state index contributed by atoms with van der Waals surface area (Å²) >= 11 is 0. The quantitative estimate of drug-likeness (QED) is 0.238. The molecule has 0 aliphatic heterocycles. The molecule has 0 bridgehead atoms. The van der Waals surface area contributed by atoms with Gasteiger partial charge in [0.2, 0.25) is 0 Å². The van der Waals surface area contributed by atoms with E-state index in [1.807, 2.05) is 12.1 Å². The maximum atomic E-state index is 13.9. The van der Waals surface area contributed by atoms with Crippen molar-refractivity contribution in [2.45, 2.75) is 24.9 Å². The molecule has 3 heteroatoms. The maximum Gasteiger partial charge on any atom is 0.123 e. The molecule has 1 heterocycles. The average molecular weight is 462 g/mol. The number of fused-ring (bicyclic) bond motifs is 1. The molecule has 0 amide bonds. The lowest BCUT2D eigenvalue weighted by Crippen LogP contribution is -2.14. The fourth-order valence-corrected chi connectivity index (χ4v) is 7.14. The fourth-order valence-electron chi connectivity index (χ4n) is 4.78. The third kappa shape index (κ3) is 4.15. The van der Waals surface area contributed by atoms with Crippen molar-refractivity contribution in [2.75, 3.05) is 0 Å². The number of pyridine rings is 1. The summed E-state index contributed by atoms with van der Waals surface area (Å²) in [4.78, 5) is 5.22. The molecule has 5 aromatic rings. The highest BCUT2D eigenvalue weighted by Crippen LogP contribution is 2.49. The van der Waals surface area contributed by atoms with Crippen LogP contribution >= 0.6 is 7.92 Å². The first-order valence-corrected chi connectivity index (χ1v) is 13.4. The summed E-state index contributed by atoms with van der Waals surface area (Å²) in [5.74, 6) is 0.309. The molecule has 0 radical (unpaired) electrons. The molecule has 4 aromatic carbocycles. The Balaban J connectivity index is 1.60. The van der Waals surface area contributed by atoms with Gasteiger partial charge in [-0.2, -0.15) is 0 Å². The molecule has 1 fully saturated rings. The summed E-state index contributed by atoms with van der Waals surface area (Å²) in [7, 11) is -0.623. The van der Waals surface area contributed by atoms with Gasteiger partial charge in [-0.05, 0) is 66.3 Å². The molecule has 1 saturated carbocycles. The van der Waals surface area contributed by atoms with E-state index in [9.17, 15) is 4.39 Å². The summed E-state index contributed by atoms with van der Waals surface area (Å²) in [5.41, 5.74) is 5.86. The number of rotatable bonds is 6. The SMILES string of the molecule is Fc1ccc(-c2c(CP(c3ccccc3)c3ccccc3)c(C3CC3)nc3ccccc23)cc1. The zero-order valence-corrected chi connectivity index (χ0v) is 19.8. The van der Waals surface area contributed by atoms with Gasteiger partial charge in [-0.25, -0.2) is 4.39 Å². The van der Waals surface area contributed by atoms with Crippen molar-refractivity contribution >= 4 is 29.4 Å². The fraction of sp³-hybridized carbons (Fsp3) is 0.129. The van der Waals surface area contributed by atoms with Crippen molar-refractivity contribution in [3.05, 3.63) is 126 Å². The standard InChI is InChI=1S/C31H25FNP/c32-24-19-17-22(18-20-24)30-27-13-7-8-14-29(27)33-31(23-15-16-23)28(30)21-34(25-9-3-1-4-10-25)26-11-5-2-6-12-26/h1-14,17-20,23H,15-16,21H2. The largest absolute Gasteiger partial charge is 0.252 e. The average Bonchev–Trinajstić information content (AvgIpc) is 3.74. The molecule has 0 unspecified atom stereocenters. The van der Waals surface area contributed by atoms with Gasteiger partial charge in [-0.1, -0.05) is 91.0 Å². The van der Waals surface area contributed by atoms with Crippen LogP contribution in [0, 0.1) is 5.82 Å². The van der Waals surface area contributed by atoms with Crippen molar-refractivity contribution in [3.63, 3.8) is 0 Å². The van der Waals surface area contributed by atoms with Gasteiger partial charge in [-0.15, -0.1) is 0 Å². The number of benzene rings is 4. The van der Waals surface area contributed by atoms with Crippen LogP contribution in [-0.4, -0.2) is 4.98 Å². The molecule has 6 rings (SSSR count). The second-order valence-corrected chi connectivity index (χ2v) is 11.1. The van der Waals surface area contributed by atoms with Crippen molar-refractivity contribution in [2.24, 2.45) is 0 Å². The number of para-hydroxylation sites is 1. The molecule has 1 nitrogen and oxygen atoms in total. The number of halogens is 1. The zero-order chi connectivity index (χ0) is 22.9. The summed E-state index contributed by atoms with van der Waals surface area (Å²) < 4.78 is 13.9. The first kappa shape index (κ1) is 21.2. The maximum absolute atomic E-state index is 13.9. The predicted molar refractivity (Wildman–Crippen MR) is 142 cm³/mol. The van der Waals surface area contributed by atoms with Gasteiger partial charge in [0.25, 0.3) is 0 Å². The van der Waals surface area contributed by atoms with Crippen LogP contribution in [0.4, 0.5) is 4.39 Å². The van der Waals surface area contributed by atoms with Gasteiger partial charge in [0.1, 0.15) is 5.82 Å². The Morgan fingerprint density at radius 3 is 1.91 bits per heavy atom. The number of hydrogen-bond acceptors (Lipinski definition) is 1. The van der Waals surface area contributed by atoms with Gasteiger partial charge in [0, 0.05) is 23.2 Å². The second-order valence-electron chi connectivity index (χ2n) is 8.91. The Morgan fingerprint density at radius 2 is 1.29 bits per heavy atom. The Kier molecular flexibility index (Phi) is 5.69. The lowest BCUT2D eigenvalue weighted by atomic mass is 9.93. The minimum Gasteiger partial charge on any atom is -0.252 e. The Morgan fingerprint density at radius 1 is 0.706 bits per heavy atom. The summed E-state index contributed by atoms with van der Waals surface area (Å²) in [6, 6.07) is 37.1. The van der Waals surface area contributed by atoms with Crippen LogP contribution in [0.5, 0.6) is 0 Å². The highest BCUT2D eigenvalue weighted by Gasteiger charge is 2.31. The minimum atomic E-state index is -0.623. The first-order valence-electron chi connectivity index (χ1n) is 11.8. The third-order valence-electron chi connectivity index (χ3n) is 6.57. The van der Waals surface area contributed by atoms with Crippen LogP contribution < -0.4 is 10.6 Å². The summed E-state index contributed by atoms with van der Waals surface area (Å²) in [6.07, 6.45) is 3.30. The van der Waals surface area contributed by atoms with E-state index in [-0.39, 0.29) is 5.82 Å². The van der Waals surface area contributed by atoms with Crippen molar-refractivity contribution in [1.29, 1.82) is 0 Å². The Hall–Kier alpha value is -3.35. The zero-order valence-electron chi connectivity index (χ0n) is 18.9. The van der Waals surface area contributed by atoms with Gasteiger partial charge in [0.05, 0.1) is 5.52 Å². The van der Waals surface area contributed by atoms with Crippen LogP contribution in [0.25, 0.3) is 22.0 Å². The van der Waals surface area contributed by atoms with Crippen LogP contribution in [0.15, 0.2) is 109 Å². The van der Waals surface area contributed by atoms with E-state index in [4.69, 9.17) is 4.98 Å². The lowest BCUT2D eigenvalue weighted by molar-refractivity contribution is 0.628. The molecule has 0 spiro atoms. The van der Waals surface area contributed by atoms with Crippen LogP contribution in [-0.2, 0) is 6.16 Å². The Labute approximate surface area is 201 Å². The van der Waals surface area contributed by atoms with E-state index >= 15 is 0 Å². The number of hydrogen-bond donors (Lipinski definition) is 0. The van der Waals surface area contributed by atoms with Gasteiger partial charge >= 0.3 is 0 Å². The molecule has 166 valence electrons. The monoisotopic (exact) mass is 461 g/mol. The number of aromatic nitrogens is 1. The van der Waals surface area contributed by atoms with Crippen LogP contribution in [0.1, 0.15) is 30.0 Å². The van der Waals surface area contributed by atoms with Gasteiger partial charge in [-0.3, -0.25) is 4.98 Å². The van der Waals surface area contributed by atoms with E-state index in [0.717, 1.165) is 22.6 Å². The minimum absolute atomic E-state index is 0.207. The van der Waals surface area contributed by atoms with Gasteiger partial charge < -0.3 is 0 Å². The molecule has 0 atom stereocenters. The molecular weight excluding hydrogens is 436 g/mol. The number of nitrogens with zero attached hydrogens (tertiary/aromatic N) is 1. The normalized spacial score (nSPS) is 13.5. The van der Waals surface area contributed by atoms with E-state index in [0.29, 0.717) is 5.92 Å². The van der Waals surface area contributed by atoms with E-state index in [1.165, 1.54) is 40.3 Å². The molecule has 34 heavy (non-hydrogen) atoms.